The highest BCUT2D eigenvalue weighted by atomic mass is 19.1. The summed E-state index contributed by atoms with van der Waals surface area (Å²) in [5.41, 5.74) is -0.765. The van der Waals surface area contributed by atoms with Crippen molar-refractivity contribution in [2.24, 2.45) is 5.41 Å². The largest absolute Gasteiger partial charge is 0.390 e. The third-order valence-electron chi connectivity index (χ3n) is 9.22. The normalized spacial score (nSPS) is 22.3. The summed E-state index contributed by atoms with van der Waals surface area (Å²) in [6.45, 7) is 8.44. The molecule has 0 amide bonds. The van der Waals surface area contributed by atoms with Crippen molar-refractivity contribution in [3.05, 3.63) is 76.7 Å². The maximum atomic E-state index is 14.8. The Labute approximate surface area is 250 Å². The molecule has 0 unspecified atom stereocenters. The minimum Gasteiger partial charge on any atom is -0.390 e. The van der Waals surface area contributed by atoms with Crippen LogP contribution < -0.4 is 0 Å². The first-order chi connectivity index (χ1) is 20.2. The van der Waals surface area contributed by atoms with E-state index in [0.717, 1.165) is 30.5 Å². The summed E-state index contributed by atoms with van der Waals surface area (Å²) in [6, 6.07) is 9.69. The van der Waals surface area contributed by atoms with E-state index in [1.807, 2.05) is 33.8 Å². The van der Waals surface area contributed by atoms with Crippen molar-refractivity contribution in [2.75, 3.05) is 13.1 Å². The fourth-order valence-corrected chi connectivity index (χ4v) is 6.84. The number of Topliss-reactive ketones (excluding diaryl/α,β-unsaturated/α-hetero) is 2. The van der Waals surface area contributed by atoms with Crippen LogP contribution in [0, 0.1) is 29.8 Å². The number of likely N-dealkylation sites (tertiary alicyclic amines) is 1. The van der Waals surface area contributed by atoms with Crippen molar-refractivity contribution in [1.82, 2.24) is 10.1 Å². The zero-order chi connectivity index (χ0) is 31.2. The average Bonchev–Trinajstić information content (AvgIpc) is 3.36. The molecule has 5 rings (SSSR count). The number of aliphatic hydroxyl groups is 1. The Morgan fingerprint density at radius 1 is 1.02 bits per heavy atom. The van der Waals surface area contributed by atoms with Gasteiger partial charge in [-0.25, -0.2) is 13.2 Å². The summed E-state index contributed by atoms with van der Waals surface area (Å²) in [4.78, 5) is 29.3. The Bertz CT molecular complexity index is 1510. The van der Waals surface area contributed by atoms with Crippen LogP contribution in [0.5, 0.6) is 0 Å². The number of carbonyl (C=O) groups is 2. The highest BCUT2D eigenvalue weighted by molar-refractivity contribution is 5.96. The molecule has 1 aliphatic carbocycles. The molecule has 3 aromatic rings. The van der Waals surface area contributed by atoms with E-state index in [1.54, 1.807) is 6.07 Å². The van der Waals surface area contributed by atoms with E-state index in [9.17, 15) is 27.9 Å². The second kappa shape index (κ2) is 11.7. The van der Waals surface area contributed by atoms with Crippen LogP contribution in [-0.4, -0.2) is 51.5 Å². The lowest BCUT2D eigenvalue weighted by molar-refractivity contribution is -0.128. The molecule has 2 fully saturated rings. The molecule has 2 aliphatic rings. The predicted molar refractivity (Wildman–Crippen MR) is 156 cm³/mol. The standard InChI is InChI=1S/C34H39F3N2O4/c1-21-5-8-26(28(37)13-21)32(2,3)16-24(40)17-34(19-39(20-34)23-9-11-33(4,42)12-10-23)18-30(41)29-15-31(43-38-29)25-7-6-22(35)14-27(25)36/h5-8,13-15,23,42H,9-12,16-20H2,1-4H3. The summed E-state index contributed by atoms with van der Waals surface area (Å²) >= 11 is 0. The van der Waals surface area contributed by atoms with Gasteiger partial charge in [-0.15, -0.1) is 0 Å². The van der Waals surface area contributed by atoms with Gasteiger partial charge in [-0.2, -0.15) is 0 Å². The van der Waals surface area contributed by atoms with Crippen LogP contribution in [0.1, 0.15) is 87.3 Å². The van der Waals surface area contributed by atoms with Crippen molar-refractivity contribution in [2.45, 2.75) is 89.7 Å². The van der Waals surface area contributed by atoms with Crippen molar-refractivity contribution in [1.29, 1.82) is 0 Å². The van der Waals surface area contributed by atoms with E-state index in [4.69, 9.17) is 4.52 Å². The lowest BCUT2D eigenvalue weighted by atomic mass is 9.68. The molecular formula is C34H39F3N2O4. The van der Waals surface area contributed by atoms with Gasteiger partial charge >= 0.3 is 0 Å². The third-order valence-corrected chi connectivity index (χ3v) is 9.22. The summed E-state index contributed by atoms with van der Waals surface area (Å²) in [7, 11) is 0. The van der Waals surface area contributed by atoms with Gasteiger partial charge in [0.1, 0.15) is 28.9 Å². The zero-order valence-corrected chi connectivity index (χ0v) is 25.2. The van der Waals surface area contributed by atoms with Crippen LogP contribution in [0.3, 0.4) is 0 Å². The molecule has 1 saturated heterocycles. The van der Waals surface area contributed by atoms with Crippen molar-refractivity contribution < 1.29 is 32.4 Å². The fourth-order valence-electron chi connectivity index (χ4n) is 6.84. The highest BCUT2D eigenvalue weighted by Crippen LogP contribution is 2.44. The van der Waals surface area contributed by atoms with E-state index in [-0.39, 0.29) is 59.7 Å². The molecule has 230 valence electrons. The van der Waals surface area contributed by atoms with Crippen LogP contribution in [0.2, 0.25) is 0 Å². The van der Waals surface area contributed by atoms with Crippen molar-refractivity contribution in [3.63, 3.8) is 0 Å². The molecule has 0 bridgehead atoms. The summed E-state index contributed by atoms with van der Waals surface area (Å²) in [5, 5.41) is 14.3. The average molecular weight is 597 g/mol. The number of halogens is 3. The molecular weight excluding hydrogens is 557 g/mol. The molecule has 1 aromatic heterocycles. The number of aryl methyl sites for hydroxylation is 1. The monoisotopic (exact) mass is 596 g/mol. The van der Waals surface area contributed by atoms with Crippen LogP contribution in [-0.2, 0) is 10.2 Å². The Hall–Kier alpha value is -3.30. The summed E-state index contributed by atoms with van der Waals surface area (Å²) in [6.07, 6.45) is 3.35. The Kier molecular flexibility index (Phi) is 8.44. The molecule has 0 atom stereocenters. The number of aromatic nitrogens is 1. The molecule has 2 aromatic carbocycles. The molecule has 1 saturated carbocycles. The second-order valence-electron chi connectivity index (χ2n) is 13.7. The van der Waals surface area contributed by atoms with Gasteiger partial charge in [0.05, 0.1) is 11.2 Å². The summed E-state index contributed by atoms with van der Waals surface area (Å²) in [5.74, 6) is -2.28. The van der Waals surface area contributed by atoms with Crippen molar-refractivity contribution >= 4 is 11.6 Å². The van der Waals surface area contributed by atoms with Crippen LogP contribution >= 0.6 is 0 Å². The fraction of sp³-hybridized carbons (Fsp3) is 0.500. The maximum Gasteiger partial charge on any atom is 0.185 e. The minimum atomic E-state index is -0.828. The molecule has 6 nitrogen and oxygen atoms in total. The van der Waals surface area contributed by atoms with E-state index < -0.39 is 28.1 Å². The minimum absolute atomic E-state index is 0.00795. The van der Waals surface area contributed by atoms with Crippen LogP contribution in [0.15, 0.2) is 47.0 Å². The van der Waals surface area contributed by atoms with Gasteiger partial charge in [-0.05, 0) is 74.3 Å². The van der Waals surface area contributed by atoms with Gasteiger partial charge < -0.3 is 9.63 Å². The first kappa shape index (κ1) is 31.1. The van der Waals surface area contributed by atoms with Gasteiger partial charge in [0.25, 0.3) is 0 Å². The maximum absolute atomic E-state index is 14.8. The number of hydrogen-bond acceptors (Lipinski definition) is 6. The number of hydrogen-bond donors (Lipinski definition) is 1. The molecule has 1 N–H and O–H groups in total. The number of carbonyl (C=O) groups excluding carboxylic acids is 2. The lowest BCUT2D eigenvalue weighted by Gasteiger charge is -2.55. The molecule has 1 aliphatic heterocycles. The number of benzene rings is 2. The highest BCUT2D eigenvalue weighted by Gasteiger charge is 2.49. The number of nitrogens with zero attached hydrogens (tertiary/aromatic N) is 2. The van der Waals surface area contributed by atoms with Gasteiger partial charge in [0.2, 0.25) is 0 Å². The first-order valence-corrected chi connectivity index (χ1v) is 14.9. The summed E-state index contributed by atoms with van der Waals surface area (Å²) < 4.78 is 47.7. The first-order valence-electron chi connectivity index (χ1n) is 14.9. The molecule has 9 heteroatoms. The van der Waals surface area contributed by atoms with E-state index >= 15 is 0 Å². The SMILES string of the molecule is Cc1ccc(C(C)(C)CC(=O)CC2(CC(=O)c3cc(-c4ccc(F)cc4F)on3)CN(C3CCC(C)(O)CC3)C2)c(F)c1. The lowest BCUT2D eigenvalue weighted by Crippen LogP contribution is -2.62. The van der Waals surface area contributed by atoms with E-state index in [2.05, 4.69) is 10.1 Å². The van der Waals surface area contributed by atoms with Gasteiger partial charge in [0, 0.05) is 55.9 Å². The van der Waals surface area contributed by atoms with E-state index in [0.29, 0.717) is 31.5 Å². The molecule has 0 spiro atoms. The van der Waals surface area contributed by atoms with Gasteiger partial charge in [-0.3, -0.25) is 14.5 Å². The third kappa shape index (κ3) is 6.93. The Morgan fingerprint density at radius 2 is 1.72 bits per heavy atom. The second-order valence-corrected chi connectivity index (χ2v) is 13.7. The predicted octanol–water partition coefficient (Wildman–Crippen LogP) is 6.96. The topological polar surface area (TPSA) is 83.6 Å². The smallest absolute Gasteiger partial charge is 0.185 e. The number of rotatable bonds is 10. The van der Waals surface area contributed by atoms with E-state index in [1.165, 1.54) is 18.2 Å². The van der Waals surface area contributed by atoms with Gasteiger partial charge in [0.15, 0.2) is 11.5 Å². The zero-order valence-electron chi connectivity index (χ0n) is 25.2. The quantitative estimate of drug-likeness (QED) is 0.255. The number of ketones is 2. The van der Waals surface area contributed by atoms with Crippen molar-refractivity contribution in [3.8, 4) is 11.3 Å². The van der Waals surface area contributed by atoms with Crippen LogP contribution in [0.4, 0.5) is 13.2 Å². The Balaban J connectivity index is 1.32. The molecule has 0 radical (unpaired) electrons. The molecule has 43 heavy (non-hydrogen) atoms. The van der Waals surface area contributed by atoms with Gasteiger partial charge in [-0.1, -0.05) is 31.1 Å². The van der Waals surface area contributed by atoms with Crippen LogP contribution in [0.25, 0.3) is 11.3 Å². The Morgan fingerprint density at radius 3 is 2.37 bits per heavy atom. The molecule has 2 heterocycles.